The van der Waals surface area contributed by atoms with Crippen LogP contribution in [-0.2, 0) is 6.42 Å². The van der Waals surface area contributed by atoms with Crippen LogP contribution in [-0.4, -0.2) is 39.8 Å². The van der Waals surface area contributed by atoms with E-state index in [1.54, 1.807) is 11.8 Å². The number of thioether (sulfide) groups is 1. The van der Waals surface area contributed by atoms with Crippen LogP contribution in [0.15, 0.2) is 29.6 Å². The highest BCUT2D eigenvalue weighted by Crippen LogP contribution is 2.32. The largest absolute Gasteiger partial charge is 0.454 e. The molecule has 0 saturated heterocycles. The minimum absolute atomic E-state index is 0.300. The van der Waals surface area contributed by atoms with Crippen molar-refractivity contribution in [2.75, 3.05) is 24.9 Å². The third-order valence-corrected chi connectivity index (χ3v) is 4.34. The van der Waals surface area contributed by atoms with Gasteiger partial charge in [0.05, 0.1) is 5.39 Å². The second-order valence-electron chi connectivity index (χ2n) is 5.04. The maximum atomic E-state index is 5.40. The van der Waals surface area contributed by atoms with Crippen LogP contribution in [0.25, 0.3) is 11.0 Å². The number of hydrogen-bond donors (Lipinski definition) is 2. The Bertz CT molecular complexity index is 851. The predicted molar refractivity (Wildman–Crippen MR) is 88.2 cm³/mol. The molecule has 0 radical (unpaired) electrons. The van der Waals surface area contributed by atoms with Crippen LogP contribution in [0, 0.1) is 0 Å². The topological polar surface area (TPSA) is 85.0 Å². The average molecular weight is 329 g/mol. The van der Waals surface area contributed by atoms with Gasteiger partial charge in [-0.15, -0.1) is 11.8 Å². The molecule has 1 aliphatic rings. The summed E-state index contributed by atoms with van der Waals surface area (Å²) in [5.74, 6) is 2.42. The molecule has 0 bridgehead atoms. The molecule has 0 atom stereocenters. The first-order valence-corrected chi connectivity index (χ1v) is 8.43. The van der Waals surface area contributed by atoms with E-state index < -0.39 is 0 Å². The molecule has 4 rings (SSSR count). The molecule has 2 N–H and O–H groups in total. The van der Waals surface area contributed by atoms with E-state index in [0.717, 1.165) is 46.3 Å². The maximum Gasteiger partial charge on any atom is 0.231 e. The normalized spacial score (nSPS) is 12.7. The van der Waals surface area contributed by atoms with Gasteiger partial charge in [0.25, 0.3) is 0 Å². The molecule has 3 aromatic rings. The lowest BCUT2D eigenvalue weighted by Gasteiger charge is -2.07. The Morgan fingerprint density at radius 3 is 3.09 bits per heavy atom. The Balaban J connectivity index is 1.48. The number of nitrogens with zero attached hydrogens (tertiary/aromatic N) is 3. The fourth-order valence-corrected chi connectivity index (χ4v) is 3.07. The Morgan fingerprint density at radius 2 is 2.17 bits per heavy atom. The monoisotopic (exact) mass is 329 g/mol. The van der Waals surface area contributed by atoms with Crippen LogP contribution in [0.5, 0.6) is 11.5 Å². The quantitative estimate of drug-likeness (QED) is 0.695. The number of aromatic nitrogens is 4. The van der Waals surface area contributed by atoms with Crippen molar-refractivity contribution in [2.24, 2.45) is 0 Å². The molecule has 0 spiro atoms. The van der Waals surface area contributed by atoms with Gasteiger partial charge in [-0.25, -0.2) is 9.97 Å². The van der Waals surface area contributed by atoms with Gasteiger partial charge >= 0.3 is 0 Å². The van der Waals surface area contributed by atoms with Gasteiger partial charge in [-0.3, -0.25) is 5.10 Å². The highest BCUT2D eigenvalue weighted by Gasteiger charge is 2.14. The molecule has 2 aromatic heterocycles. The first-order valence-electron chi connectivity index (χ1n) is 7.20. The van der Waals surface area contributed by atoms with Crippen LogP contribution in [0.4, 0.5) is 5.82 Å². The van der Waals surface area contributed by atoms with Gasteiger partial charge in [-0.2, -0.15) is 5.10 Å². The smallest absolute Gasteiger partial charge is 0.231 e. The number of benzene rings is 1. The van der Waals surface area contributed by atoms with Crippen LogP contribution in [0.3, 0.4) is 0 Å². The van der Waals surface area contributed by atoms with E-state index in [1.807, 2.05) is 18.4 Å². The van der Waals surface area contributed by atoms with E-state index >= 15 is 0 Å². The van der Waals surface area contributed by atoms with Gasteiger partial charge < -0.3 is 14.8 Å². The fraction of sp³-hybridized carbons (Fsp3) is 0.267. The first-order chi connectivity index (χ1) is 11.3. The molecular weight excluding hydrogens is 314 g/mol. The van der Waals surface area contributed by atoms with Crippen LogP contribution in [0.2, 0.25) is 0 Å². The van der Waals surface area contributed by atoms with Crippen molar-refractivity contribution in [3.63, 3.8) is 0 Å². The molecule has 7 nitrogen and oxygen atoms in total. The number of H-pyrrole nitrogens is 1. The Kier molecular flexibility index (Phi) is 3.66. The minimum atomic E-state index is 0.300. The lowest BCUT2D eigenvalue weighted by Crippen LogP contribution is -2.07. The number of hydrogen-bond acceptors (Lipinski definition) is 7. The number of fused-ring (bicyclic) bond motifs is 2. The summed E-state index contributed by atoms with van der Waals surface area (Å²) in [6, 6.07) is 6.02. The SMILES string of the molecule is CSc1n[nH]c2ncnc(NCCc3ccc4c(c3)OCO4)c12. The summed E-state index contributed by atoms with van der Waals surface area (Å²) in [4.78, 5) is 8.54. The number of aromatic amines is 1. The fourth-order valence-electron chi connectivity index (χ4n) is 2.54. The average Bonchev–Trinajstić information content (AvgIpc) is 3.21. The van der Waals surface area contributed by atoms with E-state index in [2.05, 4.69) is 31.5 Å². The zero-order valence-electron chi connectivity index (χ0n) is 12.5. The highest BCUT2D eigenvalue weighted by molar-refractivity contribution is 7.98. The lowest BCUT2D eigenvalue weighted by atomic mass is 10.1. The molecular formula is C15H15N5O2S. The Labute approximate surface area is 136 Å². The van der Waals surface area contributed by atoms with Crippen molar-refractivity contribution < 1.29 is 9.47 Å². The standard InChI is InChI=1S/C15H15N5O2S/c1-23-15-12-13(17-7-18-14(12)19-20-15)16-5-4-9-2-3-10-11(6-9)22-8-21-10/h2-3,6-7H,4-5,8H2,1H3,(H2,16,17,18,19,20). The van der Waals surface area contributed by atoms with Gasteiger partial charge in [0, 0.05) is 6.54 Å². The van der Waals surface area contributed by atoms with E-state index in [-0.39, 0.29) is 0 Å². The Hall–Kier alpha value is -2.48. The molecule has 1 aliphatic heterocycles. The lowest BCUT2D eigenvalue weighted by molar-refractivity contribution is 0.174. The summed E-state index contributed by atoms with van der Waals surface area (Å²) >= 11 is 1.57. The van der Waals surface area contributed by atoms with Crippen molar-refractivity contribution in [2.45, 2.75) is 11.4 Å². The van der Waals surface area contributed by atoms with Crippen molar-refractivity contribution in [3.8, 4) is 11.5 Å². The molecule has 0 unspecified atom stereocenters. The molecule has 23 heavy (non-hydrogen) atoms. The van der Waals surface area contributed by atoms with E-state index in [9.17, 15) is 0 Å². The summed E-state index contributed by atoms with van der Waals surface area (Å²) in [6.07, 6.45) is 4.38. The van der Waals surface area contributed by atoms with Crippen LogP contribution < -0.4 is 14.8 Å². The summed E-state index contributed by atoms with van der Waals surface area (Å²) < 4.78 is 10.7. The van der Waals surface area contributed by atoms with Crippen molar-refractivity contribution in [1.82, 2.24) is 20.2 Å². The second kappa shape index (κ2) is 5.96. The van der Waals surface area contributed by atoms with E-state index in [4.69, 9.17) is 9.47 Å². The zero-order valence-corrected chi connectivity index (χ0v) is 13.3. The van der Waals surface area contributed by atoms with Crippen molar-refractivity contribution in [1.29, 1.82) is 0 Å². The second-order valence-corrected chi connectivity index (χ2v) is 5.84. The number of anilines is 1. The van der Waals surface area contributed by atoms with E-state index in [1.165, 1.54) is 11.9 Å². The molecule has 0 fully saturated rings. The van der Waals surface area contributed by atoms with E-state index in [0.29, 0.717) is 6.79 Å². The van der Waals surface area contributed by atoms with Gasteiger partial charge in [0.15, 0.2) is 17.1 Å². The number of rotatable bonds is 5. The minimum Gasteiger partial charge on any atom is -0.454 e. The van der Waals surface area contributed by atoms with Gasteiger partial charge in [0.1, 0.15) is 17.2 Å². The van der Waals surface area contributed by atoms with Crippen LogP contribution >= 0.6 is 11.8 Å². The molecule has 0 aliphatic carbocycles. The molecule has 0 amide bonds. The molecule has 0 saturated carbocycles. The summed E-state index contributed by atoms with van der Waals surface area (Å²) in [5, 5.41) is 12.4. The van der Waals surface area contributed by atoms with Gasteiger partial charge in [-0.1, -0.05) is 6.07 Å². The van der Waals surface area contributed by atoms with Crippen molar-refractivity contribution >= 4 is 28.6 Å². The molecule has 118 valence electrons. The predicted octanol–water partition coefficient (Wildman–Crippen LogP) is 2.46. The zero-order chi connectivity index (χ0) is 15.6. The van der Waals surface area contributed by atoms with Gasteiger partial charge in [-0.05, 0) is 30.4 Å². The molecule has 3 heterocycles. The van der Waals surface area contributed by atoms with Crippen molar-refractivity contribution in [3.05, 3.63) is 30.1 Å². The Morgan fingerprint density at radius 1 is 1.26 bits per heavy atom. The maximum absolute atomic E-state index is 5.40. The molecule has 1 aromatic carbocycles. The summed E-state index contributed by atoms with van der Waals surface area (Å²) in [5.41, 5.74) is 1.93. The number of nitrogens with one attached hydrogen (secondary N) is 2. The highest BCUT2D eigenvalue weighted by atomic mass is 32.2. The number of ether oxygens (including phenoxy) is 2. The summed E-state index contributed by atoms with van der Waals surface area (Å²) in [7, 11) is 0. The first kappa shape index (κ1) is 14.1. The third-order valence-electron chi connectivity index (χ3n) is 3.66. The van der Waals surface area contributed by atoms with Crippen LogP contribution in [0.1, 0.15) is 5.56 Å². The summed E-state index contributed by atoms with van der Waals surface area (Å²) in [6.45, 7) is 1.05. The molecule has 8 heteroatoms. The van der Waals surface area contributed by atoms with Gasteiger partial charge in [0.2, 0.25) is 6.79 Å². The third kappa shape index (κ3) is 2.65.